The van der Waals surface area contributed by atoms with Crippen molar-refractivity contribution >= 4 is 11.6 Å². The van der Waals surface area contributed by atoms with Crippen molar-refractivity contribution in [1.82, 2.24) is 4.90 Å². The summed E-state index contributed by atoms with van der Waals surface area (Å²) in [7, 11) is 0. The summed E-state index contributed by atoms with van der Waals surface area (Å²) in [5.41, 5.74) is 2.85. The SMILES string of the molecule is O=C(/C=C1\C=CC=CN1Cc1ccccc1)Nc1ccccc1. The van der Waals surface area contributed by atoms with E-state index < -0.39 is 0 Å². The van der Waals surface area contributed by atoms with Crippen molar-refractivity contribution in [1.29, 1.82) is 0 Å². The Hall–Kier alpha value is -3.07. The molecule has 1 heterocycles. The van der Waals surface area contributed by atoms with E-state index in [2.05, 4.69) is 22.3 Å². The number of carbonyl (C=O) groups excluding carboxylic acids is 1. The van der Waals surface area contributed by atoms with Crippen LogP contribution in [0, 0.1) is 0 Å². The van der Waals surface area contributed by atoms with E-state index in [1.165, 1.54) is 5.56 Å². The monoisotopic (exact) mass is 302 g/mol. The summed E-state index contributed by atoms with van der Waals surface area (Å²) in [5.74, 6) is -0.135. The summed E-state index contributed by atoms with van der Waals surface area (Å²) in [6, 6.07) is 19.6. The molecule has 0 fully saturated rings. The minimum Gasteiger partial charge on any atom is -0.343 e. The molecule has 3 rings (SSSR count). The van der Waals surface area contributed by atoms with Crippen molar-refractivity contribution in [2.45, 2.75) is 6.54 Å². The van der Waals surface area contributed by atoms with Crippen LogP contribution in [-0.2, 0) is 11.3 Å². The van der Waals surface area contributed by atoms with Crippen molar-refractivity contribution in [2.75, 3.05) is 5.32 Å². The molecule has 0 saturated carbocycles. The molecule has 2 aromatic carbocycles. The molecule has 1 aliphatic rings. The van der Waals surface area contributed by atoms with Gasteiger partial charge in [-0.2, -0.15) is 0 Å². The normalized spacial score (nSPS) is 15.0. The molecule has 0 bridgehead atoms. The van der Waals surface area contributed by atoms with E-state index in [-0.39, 0.29) is 5.91 Å². The molecule has 0 aliphatic carbocycles. The van der Waals surface area contributed by atoms with E-state index in [0.717, 1.165) is 17.9 Å². The molecule has 3 nitrogen and oxygen atoms in total. The highest BCUT2D eigenvalue weighted by Crippen LogP contribution is 2.17. The number of allylic oxidation sites excluding steroid dienone is 3. The third-order valence-corrected chi connectivity index (χ3v) is 3.49. The lowest BCUT2D eigenvalue weighted by molar-refractivity contribution is -0.112. The number of anilines is 1. The lowest BCUT2D eigenvalue weighted by Crippen LogP contribution is -2.19. The van der Waals surface area contributed by atoms with Crippen molar-refractivity contribution in [3.05, 3.63) is 102 Å². The molecule has 0 atom stereocenters. The number of benzene rings is 2. The maximum atomic E-state index is 12.2. The number of rotatable bonds is 4. The molecular weight excluding hydrogens is 284 g/mol. The van der Waals surface area contributed by atoms with E-state index in [9.17, 15) is 4.79 Å². The van der Waals surface area contributed by atoms with Crippen LogP contribution in [0.1, 0.15) is 5.56 Å². The van der Waals surface area contributed by atoms with Gasteiger partial charge in [0.25, 0.3) is 0 Å². The number of nitrogens with one attached hydrogen (secondary N) is 1. The fourth-order valence-electron chi connectivity index (χ4n) is 2.38. The fourth-order valence-corrected chi connectivity index (χ4v) is 2.38. The van der Waals surface area contributed by atoms with Gasteiger partial charge in [-0.3, -0.25) is 4.79 Å². The number of para-hydroxylation sites is 1. The number of amides is 1. The first-order chi connectivity index (χ1) is 11.3. The summed E-state index contributed by atoms with van der Waals surface area (Å²) in [4.78, 5) is 14.3. The van der Waals surface area contributed by atoms with Gasteiger partial charge in [0.15, 0.2) is 0 Å². The van der Waals surface area contributed by atoms with Gasteiger partial charge in [-0.25, -0.2) is 0 Å². The molecule has 1 amide bonds. The lowest BCUT2D eigenvalue weighted by atomic mass is 10.2. The zero-order valence-electron chi connectivity index (χ0n) is 12.7. The van der Waals surface area contributed by atoms with E-state index in [1.54, 1.807) is 6.08 Å². The first-order valence-corrected chi connectivity index (χ1v) is 7.54. The second kappa shape index (κ2) is 7.27. The highest BCUT2D eigenvalue weighted by atomic mass is 16.1. The van der Waals surface area contributed by atoms with E-state index in [4.69, 9.17) is 0 Å². The van der Waals surface area contributed by atoms with Crippen LogP contribution in [0.25, 0.3) is 0 Å². The molecule has 0 saturated heterocycles. The fraction of sp³-hybridized carbons (Fsp3) is 0.0500. The molecular formula is C20H18N2O. The summed E-state index contributed by atoms with van der Waals surface area (Å²) >= 11 is 0. The van der Waals surface area contributed by atoms with Crippen molar-refractivity contribution in [3.63, 3.8) is 0 Å². The van der Waals surface area contributed by atoms with Gasteiger partial charge >= 0.3 is 0 Å². The van der Waals surface area contributed by atoms with Gasteiger partial charge < -0.3 is 10.2 Å². The minimum atomic E-state index is -0.135. The molecule has 114 valence electrons. The minimum absolute atomic E-state index is 0.135. The standard InChI is InChI=1S/C20H18N2O/c23-20(21-18-11-5-2-6-12-18)15-19-13-7-8-14-22(19)16-17-9-3-1-4-10-17/h1-15H,16H2,(H,21,23)/b19-15+. The Morgan fingerprint density at radius 2 is 1.65 bits per heavy atom. The molecule has 0 spiro atoms. The molecule has 0 radical (unpaired) electrons. The van der Waals surface area contributed by atoms with Gasteiger partial charge in [0, 0.05) is 30.2 Å². The Kier molecular flexibility index (Phi) is 4.69. The van der Waals surface area contributed by atoms with Gasteiger partial charge in [0.05, 0.1) is 0 Å². The summed E-state index contributed by atoms with van der Waals surface area (Å²) in [5, 5.41) is 2.87. The molecule has 3 heteroatoms. The third-order valence-electron chi connectivity index (χ3n) is 3.49. The van der Waals surface area contributed by atoms with Crippen LogP contribution >= 0.6 is 0 Å². The van der Waals surface area contributed by atoms with Crippen LogP contribution in [0.5, 0.6) is 0 Å². The lowest BCUT2D eigenvalue weighted by Gasteiger charge is -2.23. The Balaban J connectivity index is 1.72. The molecule has 1 N–H and O–H groups in total. The number of carbonyl (C=O) groups is 1. The van der Waals surface area contributed by atoms with Gasteiger partial charge in [-0.05, 0) is 29.8 Å². The van der Waals surface area contributed by atoms with E-state index in [0.29, 0.717) is 0 Å². The van der Waals surface area contributed by atoms with Crippen molar-refractivity contribution < 1.29 is 4.79 Å². The van der Waals surface area contributed by atoms with Crippen LogP contribution in [0.4, 0.5) is 5.69 Å². The molecule has 23 heavy (non-hydrogen) atoms. The van der Waals surface area contributed by atoms with Crippen molar-refractivity contribution in [3.8, 4) is 0 Å². The predicted molar refractivity (Wildman–Crippen MR) is 93.4 cm³/mol. The second-order valence-corrected chi connectivity index (χ2v) is 5.24. The summed E-state index contributed by atoms with van der Waals surface area (Å²) in [6.45, 7) is 0.728. The average Bonchev–Trinajstić information content (AvgIpc) is 2.58. The molecule has 0 unspecified atom stereocenters. The van der Waals surface area contributed by atoms with E-state index >= 15 is 0 Å². The number of hydrogen-bond acceptors (Lipinski definition) is 2. The Morgan fingerprint density at radius 3 is 2.39 bits per heavy atom. The first-order valence-electron chi connectivity index (χ1n) is 7.54. The number of hydrogen-bond donors (Lipinski definition) is 1. The quantitative estimate of drug-likeness (QED) is 0.863. The zero-order chi connectivity index (χ0) is 15.9. The van der Waals surface area contributed by atoms with Crippen LogP contribution in [0.3, 0.4) is 0 Å². The van der Waals surface area contributed by atoms with Crippen LogP contribution < -0.4 is 5.32 Å². The maximum absolute atomic E-state index is 12.2. The van der Waals surface area contributed by atoms with Crippen LogP contribution in [0.15, 0.2) is 96.9 Å². The van der Waals surface area contributed by atoms with Gasteiger partial charge in [-0.1, -0.05) is 54.6 Å². The van der Waals surface area contributed by atoms with Crippen LogP contribution in [-0.4, -0.2) is 10.8 Å². The van der Waals surface area contributed by atoms with Gasteiger partial charge in [-0.15, -0.1) is 0 Å². The highest BCUT2D eigenvalue weighted by Gasteiger charge is 2.09. The summed E-state index contributed by atoms with van der Waals surface area (Å²) < 4.78 is 0. The first kappa shape index (κ1) is 14.9. The Bertz CT molecular complexity index is 746. The van der Waals surface area contributed by atoms with E-state index in [1.807, 2.05) is 73.0 Å². The predicted octanol–water partition coefficient (Wildman–Crippen LogP) is 4.09. The second-order valence-electron chi connectivity index (χ2n) is 5.24. The average molecular weight is 302 g/mol. The number of nitrogens with zero attached hydrogens (tertiary/aromatic N) is 1. The Labute approximate surface area is 136 Å². The molecule has 1 aliphatic heterocycles. The maximum Gasteiger partial charge on any atom is 0.250 e. The Morgan fingerprint density at radius 1 is 0.957 bits per heavy atom. The van der Waals surface area contributed by atoms with Gasteiger partial charge in [0.2, 0.25) is 5.91 Å². The topological polar surface area (TPSA) is 32.3 Å². The largest absolute Gasteiger partial charge is 0.343 e. The smallest absolute Gasteiger partial charge is 0.250 e. The zero-order valence-corrected chi connectivity index (χ0v) is 12.7. The highest BCUT2D eigenvalue weighted by molar-refractivity contribution is 6.00. The van der Waals surface area contributed by atoms with Gasteiger partial charge in [0.1, 0.15) is 0 Å². The van der Waals surface area contributed by atoms with Crippen molar-refractivity contribution in [2.24, 2.45) is 0 Å². The summed E-state index contributed by atoms with van der Waals surface area (Å²) in [6.07, 6.45) is 9.44. The molecule has 0 aromatic heterocycles. The van der Waals surface area contributed by atoms with Crippen LogP contribution in [0.2, 0.25) is 0 Å². The molecule has 2 aromatic rings. The third kappa shape index (κ3) is 4.20.